The highest BCUT2D eigenvalue weighted by molar-refractivity contribution is 5.91. The predicted octanol–water partition coefficient (Wildman–Crippen LogP) is 3.62. The predicted molar refractivity (Wildman–Crippen MR) is 152 cm³/mol. The number of carbonyl (C=O) groups is 2. The van der Waals surface area contributed by atoms with Crippen LogP contribution in [0.15, 0.2) is 54.6 Å². The number of ether oxygens (including phenoxy) is 5. The molecule has 9 nitrogen and oxygen atoms in total. The maximum absolute atomic E-state index is 13.5. The topological polar surface area (TPSA) is 86.8 Å². The molecule has 5 atom stereocenters. The minimum atomic E-state index is -0.542. The standard InChI is InChI=1S/C32H42N2O7/c1-3-4-14-26(40-29(35)19-34-17-15-33(2)16-18-34)24-12-8-9-13-25(24)32(36)41-28-22-39-30-27(21-38-31(28)30)37-20-23-10-6-5-7-11-23/h5-13,26-28,30-31H,3-4,14-22H2,1-2H3/t26-,27+,28-,30+,31+/m0/s1. The van der Waals surface area contributed by atoms with Crippen LogP contribution in [0.2, 0.25) is 0 Å². The van der Waals surface area contributed by atoms with Crippen LogP contribution >= 0.6 is 0 Å². The van der Waals surface area contributed by atoms with E-state index in [1.807, 2.05) is 42.5 Å². The van der Waals surface area contributed by atoms with Crippen molar-refractivity contribution in [1.82, 2.24) is 9.80 Å². The monoisotopic (exact) mass is 566 g/mol. The van der Waals surface area contributed by atoms with Gasteiger partial charge in [-0.3, -0.25) is 9.69 Å². The first-order valence-electron chi connectivity index (χ1n) is 14.8. The number of esters is 2. The summed E-state index contributed by atoms with van der Waals surface area (Å²) in [5.74, 6) is -0.740. The number of fused-ring (bicyclic) bond motifs is 1. The Labute approximate surface area is 242 Å². The van der Waals surface area contributed by atoms with Gasteiger partial charge in [0.15, 0.2) is 6.10 Å². The minimum absolute atomic E-state index is 0.227. The Bertz CT molecular complexity index is 1140. The molecule has 3 fully saturated rings. The molecular weight excluding hydrogens is 524 g/mol. The van der Waals surface area contributed by atoms with E-state index in [1.165, 1.54) is 0 Å². The van der Waals surface area contributed by atoms with Crippen LogP contribution in [0.4, 0.5) is 0 Å². The van der Waals surface area contributed by atoms with Gasteiger partial charge in [-0.15, -0.1) is 0 Å². The molecule has 3 saturated heterocycles. The summed E-state index contributed by atoms with van der Waals surface area (Å²) in [7, 11) is 2.08. The maximum Gasteiger partial charge on any atom is 0.339 e. The molecule has 3 aliphatic heterocycles. The number of hydrogen-bond acceptors (Lipinski definition) is 9. The number of piperazine rings is 1. The highest BCUT2D eigenvalue weighted by Gasteiger charge is 2.50. The lowest BCUT2D eigenvalue weighted by Crippen LogP contribution is -2.46. The Kier molecular flexibility index (Phi) is 10.4. The smallest absolute Gasteiger partial charge is 0.339 e. The summed E-state index contributed by atoms with van der Waals surface area (Å²) in [4.78, 5) is 30.8. The molecule has 2 aromatic rings. The van der Waals surface area contributed by atoms with Crippen LogP contribution in [0, 0.1) is 0 Å². The van der Waals surface area contributed by atoms with Gasteiger partial charge in [0.25, 0.3) is 0 Å². The zero-order chi connectivity index (χ0) is 28.6. The number of unbranched alkanes of at least 4 members (excludes halogenated alkanes) is 1. The van der Waals surface area contributed by atoms with Gasteiger partial charge in [0.2, 0.25) is 0 Å². The molecule has 0 radical (unpaired) electrons. The van der Waals surface area contributed by atoms with E-state index in [1.54, 1.807) is 12.1 Å². The minimum Gasteiger partial charge on any atom is -0.457 e. The summed E-state index contributed by atoms with van der Waals surface area (Å²) in [5.41, 5.74) is 2.15. The molecule has 3 heterocycles. The first kappa shape index (κ1) is 29.7. The molecule has 0 unspecified atom stereocenters. The third kappa shape index (κ3) is 7.72. The van der Waals surface area contributed by atoms with Crippen molar-refractivity contribution in [2.24, 2.45) is 0 Å². The first-order valence-corrected chi connectivity index (χ1v) is 14.8. The number of carbonyl (C=O) groups excluding carboxylic acids is 2. The zero-order valence-electron chi connectivity index (χ0n) is 24.1. The van der Waals surface area contributed by atoms with Gasteiger partial charge in [0.1, 0.15) is 24.4 Å². The summed E-state index contributed by atoms with van der Waals surface area (Å²) >= 11 is 0. The van der Waals surface area contributed by atoms with Crippen molar-refractivity contribution in [1.29, 1.82) is 0 Å². The van der Waals surface area contributed by atoms with Crippen LogP contribution in [0.1, 0.15) is 53.8 Å². The van der Waals surface area contributed by atoms with Crippen molar-refractivity contribution in [2.75, 3.05) is 53.0 Å². The van der Waals surface area contributed by atoms with Crippen LogP contribution in [-0.4, -0.2) is 99.1 Å². The molecule has 2 aromatic carbocycles. The Hall–Kier alpha value is -2.82. The number of nitrogens with zero attached hydrogens (tertiary/aromatic N) is 2. The van der Waals surface area contributed by atoms with Crippen molar-refractivity contribution in [2.45, 2.75) is 63.3 Å². The second kappa shape index (κ2) is 14.4. The van der Waals surface area contributed by atoms with Gasteiger partial charge in [-0.2, -0.15) is 0 Å². The Morgan fingerprint density at radius 2 is 1.61 bits per heavy atom. The quantitative estimate of drug-likeness (QED) is 0.358. The molecule has 0 amide bonds. The fourth-order valence-corrected chi connectivity index (χ4v) is 5.67. The molecule has 0 bridgehead atoms. The highest BCUT2D eigenvalue weighted by Crippen LogP contribution is 2.33. The third-order valence-corrected chi connectivity index (χ3v) is 8.10. The van der Waals surface area contributed by atoms with E-state index in [0.717, 1.165) is 44.6 Å². The largest absolute Gasteiger partial charge is 0.457 e. The highest BCUT2D eigenvalue weighted by atomic mass is 16.7. The number of hydrogen-bond donors (Lipinski definition) is 0. The Balaban J connectivity index is 1.20. The Morgan fingerprint density at radius 1 is 0.927 bits per heavy atom. The number of likely N-dealkylation sites (N-methyl/N-ethyl adjacent to an activating group) is 1. The van der Waals surface area contributed by atoms with Gasteiger partial charge in [-0.25, -0.2) is 4.79 Å². The molecule has 3 aliphatic rings. The summed E-state index contributed by atoms with van der Waals surface area (Å²) < 4.78 is 30.0. The molecule has 9 heteroatoms. The van der Waals surface area contributed by atoms with Crippen molar-refractivity contribution < 1.29 is 33.3 Å². The molecule has 0 N–H and O–H groups in total. The van der Waals surface area contributed by atoms with E-state index in [2.05, 4.69) is 23.8 Å². The second-order valence-corrected chi connectivity index (χ2v) is 11.2. The number of rotatable bonds is 12. The van der Waals surface area contributed by atoms with Crippen molar-refractivity contribution in [3.63, 3.8) is 0 Å². The summed E-state index contributed by atoms with van der Waals surface area (Å²) in [6.45, 7) is 6.96. The number of benzene rings is 2. The van der Waals surface area contributed by atoms with E-state index < -0.39 is 18.2 Å². The van der Waals surface area contributed by atoms with Gasteiger partial charge in [-0.1, -0.05) is 61.9 Å². The molecule has 0 spiro atoms. The van der Waals surface area contributed by atoms with E-state index in [4.69, 9.17) is 23.7 Å². The normalized spacial score (nSPS) is 25.5. The van der Waals surface area contributed by atoms with Crippen LogP contribution < -0.4 is 0 Å². The van der Waals surface area contributed by atoms with Crippen molar-refractivity contribution in [3.8, 4) is 0 Å². The molecule has 0 saturated carbocycles. The van der Waals surface area contributed by atoms with E-state index in [9.17, 15) is 9.59 Å². The van der Waals surface area contributed by atoms with Crippen LogP contribution in [0.25, 0.3) is 0 Å². The summed E-state index contributed by atoms with van der Waals surface area (Å²) in [6.07, 6.45) is 0.485. The lowest BCUT2D eigenvalue weighted by Gasteiger charge is -2.32. The third-order valence-electron chi connectivity index (χ3n) is 8.10. The fourth-order valence-electron chi connectivity index (χ4n) is 5.67. The molecule has 5 rings (SSSR count). The first-order chi connectivity index (χ1) is 20.0. The zero-order valence-corrected chi connectivity index (χ0v) is 24.1. The van der Waals surface area contributed by atoms with Gasteiger partial charge in [-0.05, 0) is 31.5 Å². The van der Waals surface area contributed by atoms with Crippen LogP contribution in [0.3, 0.4) is 0 Å². The van der Waals surface area contributed by atoms with Gasteiger partial charge >= 0.3 is 11.9 Å². The average molecular weight is 567 g/mol. The average Bonchev–Trinajstić information content (AvgIpc) is 3.58. The van der Waals surface area contributed by atoms with E-state index >= 15 is 0 Å². The fraction of sp³-hybridized carbons (Fsp3) is 0.562. The Morgan fingerprint density at radius 3 is 2.37 bits per heavy atom. The molecule has 0 aliphatic carbocycles. The lowest BCUT2D eigenvalue weighted by molar-refractivity contribution is -0.151. The second-order valence-electron chi connectivity index (χ2n) is 11.2. The maximum atomic E-state index is 13.5. The molecule has 222 valence electrons. The van der Waals surface area contributed by atoms with Crippen LogP contribution in [-0.2, 0) is 35.1 Å². The summed E-state index contributed by atoms with van der Waals surface area (Å²) in [6, 6.07) is 17.2. The van der Waals surface area contributed by atoms with Crippen LogP contribution in [0.5, 0.6) is 0 Å². The SMILES string of the molecule is CCCC[C@H](OC(=O)CN1CCN(C)CC1)c1ccccc1C(=O)O[C@H]1CO[C@H]2[C@@H]1OC[C@H]2OCc1ccccc1. The van der Waals surface area contributed by atoms with Gasteiger partial charge in [0, 0.05) is 31.7 Å². The lowest BCUT2D eigenvalue weighted by atomic mass is 9.98. The van der Waals surface area contributed by atoms with E-state index in [0.29, 0.717) is 30.8 Å². The molecule has 41 heavy (non-hydrogen) atoms. The summed E-state index contributed by atoms with van der Waals surface area (Å²) in [5, 5.41) is 0. The van der Waals surface area contributed by atoms with Gasteiger partial charge < -0.3 is 28.6 Å². The molecule has 0 aromatic heterocycles. The van der Waals surface area contributed by atoms with Gasteiger partial charge in [0.05, 0.1) is 31.9 Å². The van der Waals surface area contributed by atoms with E-state index in [-0.39, 0.29) is 37.4 Å². The van der Waals surface area contributed by atoms with Crippen molar-refractivity contribution in [3.05, 3.63) is 71.3 Å². The molecular formula is C32H42N2O7. The van der Waals surface area contributed by atoms with Crippen molar-refractivity contribution >= 4 is 11.9 Å².